The summed E-state index contributed by atoms with van der Waals surface area (Å²) in [6.45, 7) is 52.7. The highest BCUT2D eigenvalue weighted by Gasteiger charge is 2.53. The van der Waals surface area contributed by atoms with Crippen molar-refractivity contribution >= 4 is 67.4 Å². The Morgan fingerprint density at radius 3 is 1.39 bits per heavy atom. The van der Waals surface area contributed by atoms with Gasteiger partial charge in [-0.25, -0.2) is 14.8 Å². The van der Waals surface area contributed by atoms with Crippen LogP contribution in [-0.4, -0.2) is 104 Å². The van der Waals surface area contributed by atoms with E-state index in [1.807, 2.05) is 0 Å². The minimum atomic E-state index is -2.14. The van der Waals surface area contributed by atoms with Crippen LogP contribution in [-0.2, 0) is 27.2 Å². The van der Waals surface area contributed by atoms with Gasteiger partial charge in [0.05, 0.1) is 29.5 Å². The van der Waals surface area contributed by atoms with Gasteiger partial charge >= 0.3 is 5.97 Å². The fourth-order valence-corrected chi connectivity index (χ4v) is 32.0. The molecule has 0 aromatic heterocycles. The van der Waals surface area contributed by atoms with Crippen LogP contribution < -0.4 is 0 Å². The molecule has 13 heteroatoms. The molecule has 0 saturated heterocycles. The second-order valence-corrected chi connectivity index (χ2v) is 53.1. The van der Waals surface area contributed by atoms with Gasteiger partial charge in [-0.2, -0.15) is 10.0 Å². The highest BCUT2D eigenvalue weighted by molar-refractivity contribution is 8.35. The molecule has 0 N–H and O–H groups in total. The number of carbonyl (C=O) groups is 1. The van der Waals surface area contributed by atoms with E-state index < -0.39 is 71.3 Å². The first-order chi connectivity index (χ1) is 22.1. The molecular formula is C38H88O6S2Si5. The Morgan fingerprint density at radius 2 is 1.00 bits per heavy atom. The zero-order valence-electron chi connectivity index (χ0n) is 38.4. The molecule has 0 aromatic carbocycles. The number of rotatable bonds is 23. The van der Waals surface area contributed by atoms with Gasteiger partial charge in [-0.3, -0.25) is 0 Å². The molecule has 51 heavy (non-hydrogen) atoms. The average molecular weight is 846 g/mol. The minimum absolute atomic E-state index is 0.0865. The molecule has 0 fully saturated rings. The van der Waals surface area contributed by atoms with Crippen molar-refractivity contribution in [1.82, 2.24) is 0 Å². The lowest BCUT2D eigenvalue weighted by Gasteiger charge is -2.61. The molecule has 0 aliphatic carbocycles. The average Bonchev–Trinajstić information content (AvgIpc) is 2.84. The molecule has 0 saturated carbocycles. The van der Waals surface area contributed by atoms with E-state index in [0.29, 0.717) is 12.2 Å². The van der Waals surface area contributed by atoms with Crippen LogP contribution in [0.15, 0.2) is 12.2 Å². The maximum atomic E-state index is 12.3. The fraction of sp³-hybridized carbons (Fsp3) is 0.921. The minimum Gasteiger partial charge on any atom is -0.462 e. The van der Waals surface area contributed by atoms with Gasteiger partial charge in [0.1, 0.15) is 0 Å². The zero-order valence-corrected chi connectivity index (χ0v) is 45.1. The first-order valence-electron chi connectivity index (χ1n) is 19.2. The lowest BCUT2D eigenvalue weighted by molar-refractivity contribution is -0.138. The Bertz CT molecular complexity index is 1100. The first kappa shape index (κ1) is 51.8. The van der Waals surface area contributed by atoms with Crippen molar-refractivity contribution in [3.8, 4) is 0 Å². The van der Waals surface area contributed by atoms with Crippen LogP contribution in [0.3, 0.4) is 0 Å². The maximum Gasteiger partial charge on any atom is 0.333 e. The lowest BCUT2D eigenvalue weighted by atomic mass is 10.4. The lowest BCUT2D eigenvalue weighted by Crippen LogP contribution is -2.57. The van der Waals surface area contributed by atoms with E-state index in [1.54, 1.807) is 6.92 Å². The van der Waals surface area contributed by atoms with Crippen molar-refractivity contribution in [2.75, 3.05) is 36.9 Å². The Labute approximate surface area is 327 Å². The van der Waals surface area contributed by atoms with Gasteiger partial charge in [-0.1, -0.05) is 25.7 Å². The Hall–Kier alpha value is 0.834. The summed E-state index contributed by atoms with van der Waals surface area (Å²) in [5.41, 5.74) is 0.436. The Kier molecular flexibility index (Phi) is 17.8. The number of hydrogen-bond acceptors (Lipinski definition) is 6. The van der Waals surface area contributed by atoms with E-state index in [1.165, 1.54) is 6.04 Å². The van der Waals surface area contributed by atoms with Crippen LogP contribution in [0.1, 0.15) is 68.7 Å². The predicted molar refractivity (Wildman–Crippen MR) is 247 cm³/mol. The van der Waals surface area contributed by atoms with E-state index in [2.05, 4.69) is 159 Å². The summed E-state index contributed by atoms with van der Waals surface area (Å²) in [6.07, 6.45) is 8.08. The van der Waals surface area contributed by atoms with E-state index in [0.717, 1.165) is 30.0 Å². The molecule has 6 nitrogen and oxygen atoms in total. The Balaban J connectivity index is 6.45. The van der Waals surface area contributed by atoms with E-state index >= 15 is 0 Å². The second kappa shape index (κ2) is 17.5. The van der Waals surface area contributed by atoms with Gasteiger partial charge in [0.25, 0.3) is 0 Å². The van der Waals surface area contributed by atoms with Gasteiger partial charge in [-0.05, 0) is 177 Å². The summed E-state index contributed by atoms with van der Waals surface area (Å²) in [4.78, 5) is 11.3. The zero-order chi connectivity index (χ0) is 41.1. The molecule has 0 aromatic rings. The fourth-order valence-electron chi connectivity index (χ4n) is 6.75. The standard InChI is InChI=1S/C38H88O6S2Si5/c1-33(2)34(39)40-27-26-28-46(13,36(5,6)42-50(22,23)30-29-45(11,12)35(3,4)41-47(14,15)16)37(7,8)43-51(24,25)32-31-49(20,21)38(9,10)44-48(17,18)19/h1,26-32H2,2-25H3. The first-order valence-corrected chi connectivity index (χ1v) is 40.2. The van der Waals surface area contributed by atoms with Gasteiger partial charge in [0, 0.05) is 10.8 Å². The summed E-state index contributed by atoms with van der Waals surface area (Å²) in [5, 5.41) is -0.0865. The third-order valence-corrected chi connectivity index (χ3v) is 34.4. The van der Waals surface area contributed by atoms with Gasteiger partial charge in [0.15, 0.2) is 33.3 Å². The molecule has 308 valence electrons. The van der Waals surface area contributed by atoms with Crippen molar-refractivity contribution in [2.45, 2.75) is 185 Å². The van der Waals surface area contributed by atoms with Crippen molar-refractivity contribution in [3.63, 3.8) is 0 Å². The van der Waals surface area contributed by atoms with Crippen LogP contribution in [0.25, 0.3) is 0 Å². The highest BCUT2D eigenvalue weighted by Crippen LogP contribution is 2.68. The second-order valence-electron chi connectivity index (χ2n) is 21.3. The molecule has 0 heterocycles. The summed E-state index contributed by atoms with van der Waals surface area (Å²) in [6, 6.07) is 3.37. The van der Waals surface area contributed by atoms with Gasteiger partial charge < -0.3 is 22.4 Å². The quantitative estimate of drug-likeness (QED) is 0.0442. The van der Waals surface area contributed by atoms with Gasteiger partial charge in [-0.15, -0.1) is 0 Å². The summed E-state index contributed by atoms with van der Waals surface area (Å²) in [5.74, 6) is 1.69. The Morgan fingerprint density at radius 1 is 0.588 bits per heavy atom. The van der Waals surface area contributed by atoms with Crippen molar-refractivity contribution < 1.29 is 27.2 Å². The molecular weight excluding hydrogens is 757 g/mol. The van der Waals surface area contributed by atoms with Crippen molar-refractivity contribution in [3.05, 3.63) is 12.2 Å². The maximum absolute atomic E-state index is 12.3. The normalized spacial score (nSPS) is 17.2. The summed E-state index contributed by atoms with van der Waals surface area (Å²) >= 11 is 0. The largest absolute Gasteiger partial charge is 0.462 e. The van der Waals surface area contributed by atoms with Crippen molar-refractivity contribution in [2.24, 2.45) is 0 Å². The van der Waals surface area contributed by atoms with E-state index in [4.69, 9.17) is 22.4 Å². The molecule has 0 aliphatic heterocycles. The van der Waals surface area contributed by atoms with E-state index in [-0.39, 0.29) is 16.1 Å². The molecule has 1 unspecified atom stereocenters. The number of esters is 1. The highest BCUT2D eigenvalue weighted by atomic mass is 32.3. The van der Waals surface area contributed by atoms with Crippen LogP contribution in [0.5, 0.6) is 0 Å². The molecule has 0 radical (unpaired) electrons. The predicted octanol–water partition coefficient (Wildman–Crippen LogP) is 12.4. The monoisotopic (exact) mass is 844 g/mol. The molecule has 0 amide bonds. The number of hydrogen-bond donors (Lipinski definition) is 0. The summed E-state index contributed by atoms with van der Waals surface area (Å²) < 4.78 is 34.1. The summed E-state index contributed by atoms with van der Waals surface area (Å²) in [7, 11) is -12.0. The third kappa shape index (κ3) is 16.1. The molecule has 0 spiro atoms. The third-order valence-electron chi connectivity index (χ3n) is 11.1. The van der Waals surface area contributed by atoms with Crippen LogP contribution in [0.2, 0.25) is 96.7 Å². The topological polar surface area (TPSA) is 63.2 Å². The number of ether oxygens (including phenoxy) is 1. The SMILES string of the molecule is C=C(C)C(=O)OCCCS(C)(C(C)(C)O[Si](C)(C)CC[Si](C)(C)C(C)(C)O[Si](C)(C)C)C(C)(C)O[Si](C)(C)CCS(C)(C)C(C)(C)O[Si](C)(C)C. The number of carbonyl (C=O) groups excluding carboxylic acids is 1. The molecule has 0 bridgehead atoms. The van der Waals surface area contributed by atoms with Crippen LogP contribution in [0, 0.1) is 0 Å². The van der Waals surface area contributed by atoms with Crippen LogP contribution in [0.4, 0.5) is 0 Å². The van der Waals surface area contributed by atoms with Gasteiger partial charge in [0.2, 0.25) is 0 Å². The molecule has 0 rings (SSSR count). The van der Waals surface area contributed by atoms with E-state index in [9.17, 15) is 4.79 Å². The molecule has 1 atom stereocenters. The smallest absolute Gasteiger partial charge is 0.333 e. The van der Waals surface area contributed by atoms with Crippen LogP contribution >= 0.6 is 20.1 Å². The molecule has 0 aliphatic rings. The van der Waals surface area contributed by atoms with Crippen molar-refractivity contribution in [1.29, 1.82) is 0 Å².